The minimum absolute atomic E-state index is 0.104. The third-order valence-electron chi connectivity index (χ3n) is 4.18. The molecule has 0 aromatic carbocycles. The highest BCUT2D eigenvalue weighted by Crippen LogP contribution is 2.11. The summed E-state index contributed by atoms with van der Waals surface area (Å²) < 4.78 is 0. The molecule has 1 atom stereocenters. The standard InChI is InChI=1S/C18H38N2O2/c1-3-4-5-6-7-8-9-10-11-12-13-14-15-20-18(22)17(16-21)19-2/h17,19,21H,3-16H2,1-2H3,(H,20,22)/t17-/m0/s1. The average Bonchev–Trinajstić information content (AvgIpc) is 2.53. The van der Waals surface area contributed by atoms with Gasteiger partial charge in [-0.2, -0.15) is 0 Å². The number of unbranched alkanes of at least 4 members (excludes halogenated alkanes) is 11. The zero-order valence-corrected chi connectivity index (χ0v) is 14.8. The highest BCUT2D eigenvalue weighted by molar-refractivity contribution is 5.81. The maximum absolute atomic E-state index is 11.6. The van der Waals surface area contributed by atoms with E-state index in [4.69, 9.17) is 5.11 Å². The lowest BCUT2D eigenvalue weighted by Gasteiger charge is -2.12. The van der Waals surface area contributed by atoms with Crippen LogP contribution in [0.4, 0.5) is 0 Å². The third kappa shape index (κ3) is 13.1. The van der Waals surface area contributed by atoms with Gasteiger partial charge < -0.3 is 15.7 Å². The highest BCUT2D eigenvalue weighted by Gasteiger charge is 2.13. The van der Waals surface area contributed by atoms with Crippen LogP contribution in [0.2, 0.25) is 0 Å². The predicted octanol–water partition coefficient (Wildman–Crippen LogP) is 3.38. The summed E-state index contributed by atoms with van der Waals surface area (Å²) in [5.41, 5.74) is 0. The van der Waals surface area contributed by atoms with Gasteiger partial charge in [0.05, 0.1) is 6.61 Å². The van der Waals surface area contributed by atoms with Crippen molar-refractivity contribution in [3.63, 3.8) is 0 Å². The number of nitrogens with one attached hydrogen (secondary N) is 2. The third-order valence-corrected chi connectivity index (χ3v) is 4.18. The van der Waals surface area contributed by atoms with Crippen LogP contribution in [0.15, 0.2) is 0 Å². The molecule has 132 valence electrons. The topological polar surface area (TPSA) is 61.4 Å². The van der Waals surface area contributed by atoms with E-state index in [1.807, 2.05) is 0 Å². The molecule has 0 bridgehead atoms. The molecule has 0 saturated carbocycles. The van der Waals surface area contributed by atoms with Crippen molar-refractivity contribution in [2.24, 2.45) is 0 Å². The summed E-state index contributed by atoms with van der Waals surface area (Å²) >= 11 is 0. The molecule has 4 heteroatoms. The van der Waals surface area contributed by atoms with Crippen LogP contribution in [0, 0.1) is 0 Å². The van der Waals surface area contributed by atoms with Gasteiger partial charge in [-0.3, -0.25) is 4.79 Å². The van der Waals surface area contributed by atoms with Crippen LogP contribution in [0.25, 0.3) is 0 Å². The van der Waals surface area contributed by atoms with E-state index < -0.39 is 6.04 Å². The minimum Gasteiger partial charge on any atom is -0.394 e. The number of aliphatic hydroxyl groups excluding tert-OH is 1. The van der Waals surface area contributed by atoms with Crippen molar-refractivity contribution < 1.29 is 9.90 Å². The zero-order chi connectivity index (χ0) is 16.5. The quantitative estimate of drug-likeness (QED) is 0.383. The van der Waals surface area contributed by atoms with Crippen LogP contribution >= 0.6 is 0 Å². The summed E-state index contributed by atoms with van der Waals surface area (Å²) in [5.74, 6) is -0.104. The summed E-state index contributed by atoms with van der Waals surface area (Å²) in [7, 11) is 1.68. The summed E-state index contributed by atoms with van der Waals surface area (Å²) in [6.45, 7) is 2.83. The molecule has 0 aromatic heterocycles. The molecule has 1 amide bonds. The van der Waals surface area contributed by atoms with Gasteiger partial charge in [-0.1, -0.05) is 77.6 Å². The number of hydrogen-bond donors (Lipinski definition) is 3. The molecule has 0 aromatic rings. The van der Waals surface area contributed by atoms with Gasteiger partial charge in [-0.05, 0) is 13.5 Å². The average molecular weight is 315 g/mol. The monoisotopic (exact) mass is 314 g/mol. The first kappa shape index (κ1) is 21.4. The number of rotatable bonds is 16. The normalized spacial score (nSPS) is 12.3. The maximum atomic E-state index is 11.6. The van der Waals surface area contributed by atoms with Gasteiger partial charge in [0.15, 0.2) is 0 Å². The first-order chi connectivity index (χ1) is 10.8. The molecule has 0 aliphatic rings. The lowest BCUT2D eigenvalue weighted by atomic mass is 10.1. The molecule has 0 aliphatic carbocycles. The largest absolute Gasteiger partial charge is 0.394 e. The van der Waals surface area contributed by atoms with Crippen molar-refractivity contribution in [2.45, 2.75) is 90.0 Å². The number of amides is 1. The highest BCUT2D eigenvalue weighted by atomic mass is 16.3. The van der Waals surface area contributed by atoms with Gasteiger partial charge in [-0.25, -0.2) is 0 Å². The molecule has 0 rings (SSSR count). The molecule has 0 radical (unpaired) electrons. The molecular weight excluding hydrogens is 276 g/mol. The van der Waals surface area contributed by atoms with Gasteiger partial charge in [0.1, 0.15) is 6.04 Å². The number of carbonyl (C=O) groups excluding carboxylic acids is 1. The van der Waals surface area contributed by atoms with E-state index in [0.717, 1.165) is 6.42 Å². The van der Waals surface area contributed by atoms with Gasteiger partial charge in [0, 0.05) is 6.54 Å². The van der Waals surface area contributed by atoms with E-state index >= 15 is 0 Å². The van der Waals surface area contributed by atoms with Gasteiger partial charge in [0.2, 0.25) is 5.91 Å². The number of aliphatic hydroxyl groups is 1. The van der Waals surface area contributed by atoms with Crippen molar-refractivity contribution in [1.29, 1.82) is 0 Å². The zero-order valence-electron chi connectivity index (χ0n) is 14.8. The van der Waals surface area contributed by atoms with E-state index in [9.17, 15) is 4.79 Å². The van der Waals surface area contributed by atoms with Crippen LogP contribution in [0.5, 0.6) is 0 Å². The van der Waals surface area contributed by atoms with E-state index in [1.165, 1.54) is 70.6 Å². The number of likely N-dealkylation sites (N-methyl/N-ethyl adjacent to an activating group) is 1. The lowest BCUT2D eigenvalue weighted by molar-refractivity contribution is -0.123. The van der Waals surface area contributed by atoms with Crippen molar-refractivity contribution in [2.75, 3.05) is 20.2 Å². The van der Waals surface area contributed by atoms with Crippen LogP contribution < -0.4 is 10.6 Å². The fourth-order valence-corrected chi connectivity index (χ4v) is 2.61. The first-order valence-corrected chi connectivity index (χ1v) is 9.32. The lowest BCUT2D eigenvalue weighted by Crippen LogP contribution is -2.45. The molecule has 4 nitrogen and oxygen atoms in total. The Kier molecular flexibility index (Phi) is 16.3. The smallest absolute Gasteiger partial charge is 0.239 e. The Labute approximate surface area is 137 Å². The first-order valence-electron chi connectivity index (χ1n) is 9.32. The van der Waals surface area contributed by atoms with Crippen LogP contribution in [0.3, 0.4) is 0 Å². The molecule has 0 aliphatic heterocycles. The Morgan fingerprint density at radius 2 is 1.32 bits per heavy atom. The second-order valence-electron chi connectivity index (χ2n) is 6.20. The van der Waals surface area contributed by atoms with Gasteiger partial charge in [-0.15, -0.1) is 0 Å². The molecule has 0 heterocycles. The Morgan fingerprint density at radius 1 is 0.864 bits per heavy atom. The number of hydrogen-bond acceptors (Lipinski definition) is 3. The predicted molar refractivity (Wildman–Crippen MR) is 94.0 cm³/mol. The van der Waals surface area contributed by atoms with Gasteiger partial charge in [0.25, 0.3) is 0 Å². The minimum atomic E-state index is -0.475. The molecule has 22 heavy (non-hydrogen) atoms. The van der Waals surface area contributed by atoms with Crippen LogP contribution in [-0.4, -0.2) is 37.3 Å². The second kappa shape index (κ2) is 16.8. The fourth-order valence-electron chi connectivity index (χ4n) is 2.61. The summed E-state index contributed by atoms with van der Waals surface area (Å²) in [6.07, 6.45) is 15.9. The van der Waals surface area contributed by atoms with Crippen molar-refractivity contribution in [1.82, 2.24) is 10.6 Å². The van der Waals surface area contributed by atoms with E-state index in [-0.39, 0.29) is 12.5 Å². The van der Waals surface area contributed by atoms with Crippen molar-refractivity contribution >= 4 is 5.91 Å². The van der Waals surface area contributed by atoms with Crippen LogP contribution in [-0.2, 0) is 4.79 Å². The molecule has 0 fully saturated rings. The van der Waals surface area contributed by atoms with Crippen molar-refractivity contribution in [3.05, 3.63) is 0 Å². The molecule has 0 spiro atoms. The molecule has 0 unspecified atom stereocenters. The summed E-state index contributed by atoms with van der Waals surface area (Å²) in [4.78, 5) is 11.6. The Hall–Kier alpha value is -0.610. The Bertz CT molecular complexity index is 243. The van der Waals surface area contributed by atoms with E-state index in [1.54, 1.807) is 7.05 Å². The van der Waals surface area contributed by atoms with Gasteiger partial charge >= 0.3 is 0 Å². The second-order valence-corrected chi connectivity index (χ2v) is 6.20. The van der Waals surface area contributed by atoms with E-state index in [0.29, 0.717) is 6.54 Å². The molecule has 0 saturated heterocycles. The maximum Gasteiger partial charge on any atom is 0.239 e. The van der Waals surface area contributed by atoms with Crippen molar-refractivity contribution in [3.8, 4) is 0 Å². The summed E-state index contributed by atoms with van der Waals surface area (Å²) in [5, 5.41) is 14.6. The SMILES string of the molecule is CCCCCCCCCCCCCCNC(=O)[C@H](CO)NC. The van der Waals surface area contributed by atoms with E-state index in [2.05, 4.69) is 17.6 Å². The number of carbonyl (C=O) groups is 1. The Balaban J connectivity index is 3.19. The van der Waals surface area contributed by atoms with Crippen LogP contribution in [0.1, 0.15) is 84.0 Å². The molecule has 3 N–H and O–H groups in total. The molecular formula is C18H38N2O2. The Morgan fingerprint density at radius 3 is 1.73 bits per heavy atom. The summed E-state index contributed by atoms with van der Waals surface area (Å²) in [6, 6.07) is -0.475. The fraction of sp³-hybridized carbons (Fsp3) is 0.944.